The van der Waals surface area contributed by atoms with E-state index in [-0.39, 0.29) is 6.61 Å². The SMILES string of the molecule is CC1CCC(NCC(C)(O)CO)C(C)C1. The van der Waals surface area contributed by atoms with E-state index in [9.17, 15) is 5.11 Å². The average molecular weight is 215 g/mol. The maximum absolute atomic E-state index is 9.68. The first kappa shape index (κ1) is 12.9. The molecule has 0 heterocycles. The Bertz CT molecular complexity index is 194. The van der Waals surface area contributed by atoms with Crippen molar-refractivity contribution in [3.63, 3.8) is 0 Å². The van der Waals surface area contributed by atoms with Gasteiger partial charge in [0.1, 0.15) is 0 Å². The van der Waals surface area contributed by atoms with Crippen LogP contribution in [0.1, 0.15) is 40.0 Å². The van der Waals surface area contributed by atoms with Crippen LogP contribution < -0.4 is 5.32 Å². The van der Waals surface area contributed by atoms with Crippen LogP contribution in [0.3, 0.4) is 0 Å². The second-order valence-electron chi connectivity index (χ2n) is 5.54. The van der Waals surface area contributed by atoms with Gasteiger partial charge in [-0.15, -0.1) is 0 Å². The van der Waals surface area contributed by atoms with Gasteiger partial charge in [-0.2, -0.15) is 0 Å². The van der Waals surface area contributed by atoms with Gasteiger partial charge in [-0.1, -0.05) is 13.8 Å². The molecule has 0 spiro atoms. The molecule has 0 saturated heterocycles. The molecule has 0 aliphatic heterocycles. The Labute approximate surface area is 92.9 Å². The molecule has 3 heteroatoms. The van der Waals surface area contributed by atoms with Crippen molar-refractivity contribution >= 4 is 0 Å². The van der Waals surface area contributed by atoms with E-state index >= 15 is 0 Å². The standard InChI is InChI=1S/C12H25NO2/c1-9-4-5-11(10(2)6-9)13-7-12(3,15)8-14/h9-11,13-15H,4-8H2,1-3H3. The van der Waals surface area contributed by atoms with Gasteiger partial charge in [0, 0.05) is 12.6 Å². The van der Waals surface area contributed by atoms with Crippen LogP contribution in [0.15, 0.2) is 0 Å². The summed E-state index contributed by atoms with van der Waals surface area (Å²) in [5.41, 5.74) is -0.983. The van der Waals surface area contributed by atoms with Gasteiger partial charge in [-0.05, 0) is 38.0 Å². The van der Waals surface area contributed by atoms with Gasteiger partial charge in [0.05, 0.1) is 12.2 Å². The summed E-state index contributed by atoms with van der Waals surface area (Å²) in [6, 6.07) is 0.499. The number of nitrogens with one attached hydrogen (secondary N) is 1. The van der Waals surface area contributed by atoms with Crippen molar-refractivity contribution in [2.45, 2.75) is 51.7 Å². The molecular formula is C12H25NO2. The first-order valence-electron chi connectivity index (χ1n) is 6.01. The Morgan fingerprint density at radius 1 is 1.33 bits per heavy atom. The number of aliphatic hydroxyl groups is 2. The second-order valence-corrected chi connectivity index (χ2v) is 5.54. The molecule has 90 valence electrons. The third-order valence-electron chi connectivity index (χ3n) is 3.52. The van der Waals surface area contributed by atoms with Crippen LogP contribution in [0.5, 0.6) is 0 Å². The topological polar surface area (TPSA) is 52.5 Å². The third-order valence-corrected chi connectivity index (χ3v) is 3.52. The van der Waals surface area contributed by atoms with Crippen molar-refractivity contribution < 1.29 is 10.2 Å². The summed E-state index contributed by atoms with van der Waals surface area (Å²) in [7, 11) is 0. The Balaban J connectivity index is 2.33. The summed E-state index contributed by atoms with van der Waals surface area (Å²) >= 11 is 0. The fourth-order valence-corrected chi connectivity index (χ4v) is 2.38. The summed E-state index contributed by atoms with van der Waals surface area (Å²) in [4.78, 5) is 0. The smallest absolute Gasteiger partial charge is 0.0972 e. The Kier molecular flexibility index (Phi) is 4.56. The maximum atomic E-state index is 9.68. The molecule has 0 bridgehead atoms. The van der Waals surface area contributed by atoms with E-state index in [0.717, 1.165) is 5.92 Å². The molecule has 4 unspecified atom stereocenters. The summed E-state index contributed by atoms with van der Waals surface area (Å²) < 4.78 is 0. The lowest BCUT2D eigenvalue weighted by atomic mass is 9.79. The number of aliphatic hydroxyl groups excluding tert-OH is 1. The van der Waals surface area contributed by atoms with E-state index in [2.05, 4.69) is 19.2 Å². The number of hydrogen-bond donors (Lipinski definition) is 3. The minimum absolute atomic E-state index is 0.183. The largest absolute Gasteiger partial charge is 0.393 e. The molecule has 1 aliphatic rings. The molecule has 0 aromatic carbocycles. The summed E-state index contributed by atoms with van der Waals surface area (Å²) in [5, 5.41) is 22.0. The van der Waals surface area contributed by atoms with Gasteiger partial charge < -0.3 is 15.5 Å². The molecule has 1 rings (SSSR count). The molecule has 1 saturated carbocycles. The minimum Gasteiger partial charge on any atom is -0.393 e. The second kappa shape index (κ2) is 5.28. The molecule has 0 aromatic heterocycles. The first-order chi connectivity index (χ1) is 6.94. The number of rotatable bonds is 4. The minimum atomic E-state index is -0.983. The van der Waals surface area contributed by atoms with E-state index in [4.69, 9.17) is 5.11 Å². The van der Waals surface area contributed by atoms with Gasteiger partial charge in [-0.25, -0.2) is 0 Å². The third kappa shape index (κ3) is 4.09. The van der Waals surface area contributed by atoms with Crippen molar-refractivity contribution in [3.8, 4) is 0 Å². The van der Waals surface area contributed by atoms with E-state index in [1.807, 2.05) is 0 Å². The zero-order chi connectivity index (χ0) is 11.5. The lowest BCUT2D eigenvalue weighted by Crippen LogP contribution is -2.48. The molecule has 1 fully saturated rings. The highest BCUT2D eigenvalue weighted by atomic mass is 16.3. The maximum Gasteiger partial charge on any atom is 0.0972 e. The zero-order valence-corrected chi connectivity index (χ0v) is 10.2. The lowest BCUT2D eigenvalue weighted by molar-refractivity contribution is -0.00213. The van der Waals surface area contributed by atoms with E-state index < -0.39 is 5.60 Å². The molecule has 3 N–H and O–H groups in total. The molecular weight excluding hydrogens is 190 g/mol. The fourth-order valence-electron chi connectivity index (χ4n) is 2.38. The molecule has 1 aliphatic carbocycles. The average Bonchev–Trinajstić information content (AvgIpc) is 2.16. The van der Waals surface area contributed by atoms with Crippen molar-refractivity contribution in [3.05, 3.63) is 0 Å². The molecule has 15 heavy (non-hydrogen) atoms. The molecule has 0 radical (unpaired) electrons. The van der Waals surface area contributed by atoms with Crippen LogP contribution in [-0.4, -0.2) is 35.0 Å². The predicted molar refractivity (Wildman–Crippen MR) is 61.7 cm³/mol. The highest BCUT2D eigenvalue weighted by Gasteiger charge is 2.27. The monoisotopic (exact) mass is 215 g/mol. The van der Waals surface area contributed by atoms with Crippen LogP contribution in [-0.2, 0) is 0 Å². The van der Waals surface area contributed by atoms with Crippen molar-refractivity contribution in [2.24, 2.45) is 11.8 Å². The van der Waals surface area contributed by atoms with E-state index in [0.29, 0.717) is 18.5 Å². The molecule has 3 nitrogen and oxygen atoms in total. The van der Waals surface area contributed by atoms with Gasteiger partial charge in [0.15, 0.2) is 0 Å². The normalized spacial score (nSPS) is 36.2. The molecule has 4 atom stereocenters. The summed E-state index contributed by atoms with van der Waals surface area (Å²) in [6.07, 6.45) is 3.71. The molecule has 0 aromatic rings. The van der Waals surface area contributed by atoms with Gasteiger partial charge in [0.2, 0.25) is 0 Å². The van der Waals surface area contributed by atoms with Crippen molar-refractivity contribution in [2.75, 3.05) is 13.2 Å². The van der Waals surface area contributed by atoms with E-state index in [1.165, 1.54) is 19.3 Å². The van der Waals surface area contributed by atoms with Gasteiger partial charge in [-0.3, -0.25) is 0 Å². The highest BCUT2D eigenvalue weighted by Crippen LogP contribution is 2.28. The van der Waals surface area contributed by atoms with Crippen molar-refractivity contribution in [1.29, 1.82) is 0 Å². The van der Waals surface area contributed by atoms with Crippen LogP contribution in [0, 0.1) is 11.8 Å². The fraction of sp³-hybridized carbons (Fsp3) is 1.00. The Morgan fingerprint density at radius 3 is 2.53 bits per heavy atom. The first-order valence-corrected chi connectivity index (χ1v) is 6.01. The highest BCUT2D eigenvalue weighted by molar-refractivity contribution is 4.84. The van der Waals surface area contributed by atoms with Crippen LogP contribution >= 0.6 is 0 Å². The summed E-state index contributed by atoms with van der Waals surface area (Å²) in [6.45, 7) is 6.53. The number of hydrogen-bond acceptors (Lipinski definition) is 3. The lowest BCUT2D eigenvalue weighted by Gasteiger charge is -2.35. The predicted octanol–water partition coefficient (Wildman–Crippen LogP) is 1.14. The Morgan fingerprint density at radius 2 is 2.00 bits per heavy atom. The molecule has 0 amide bonds. The van der Waals surface area contributed by atoms with Crippen molar-refractivity contribution in [1.82, 2.24) is 5.32 Å². The quantitative estimate of drug-likeness (QED) is 0.659. The summed E-state index contributed by atoms with van der Waals surface area (Å²) in [5.74, 6) is 1.50. The zero-order valence-electron chi connectivity index (χ0n) is 10.2. The van der Waals surface area contributed by atoms with Gasteiger partial charge in [0.25, 0.3) is 0 Å². The van der Waals surface area contributed by atoms with Gasteiger partial charge >= 0.3 is 0 Å². The van der Waals surface area contributed by atoms with Crippen LogP contribution in [0.2, 0.25) is 0 Å². The van der Waals surface area contributed by atoms with Crippen LogP contribution in [0.4, 0.5) is 0 Å². The van der Waals surface area contributed by atoms with E-state index in [1.54, 1.807) is 6.92 Å². The van der Waals surface area contributed by atoms with Crippen LogP contribution in [0.25, 0.3) is 0 Å². The Hall–Kier alpha value is -0.120.